The molecule has 26 heavy (non-hydrogen) atoms. The maximum absolute atomic E-state index is 14.0. The Morgan fingerprint density at radius 3 is 2.81 bits per heavy atom. The van der Waals surface area contributed by atoms with E-state index in [0.717, 1.165) is 31.6 Å². The highest BCUT2D eigenvalue weighted by atomic mass is 19.1. The Labute approximate surface area is 157 Å². The van der Waals surface area contributed by atoms with Crippen molar-refractivity contribution >= 4 is 5.69 Å². The minimum atomic E-state index is -0.107. The van der Waals surface area contributed by atoms with Crippen molar-refractivity contribution < 1.29 is 4.39 Å². The molecule has 1 N–H and O–H groups in total. The summed E-state index contributed by atoms with van der Waals surface area (Å²) >= 11 is 0. The summed E-state index contributed by atoms with van der Waals surface area (Å²) in [4.78, 5) is 2.38. The first-order valence-electron chi connectivity index (χ1n) is 9.93. The van der Waals surface area contributed by atoms with Crippen LogP contribution in [0, 0.1) is 12.7 Å². The fraction of sp³-hybridized carbons (Fsp3) is 0.478. The smallest absolute Gasteiger partial charge is 0.128 e. The van der Waals surface area contributed by atoms with E-state index >= 15 is 0 Å². The predicted octanol–water partition coefficient (Wildman–Crippen LogP) is 5.41. The number of hydrogen-bond acceptors (Lipinski definition) is 2. The molecular weight excluding hydrogens is 323 g/mol. The molecule has 2 aromatic rings. The second-order valence-corrected chi connectivity index (χ2v) is 7.51. The van der Waals surface area contributed by atoms with Crippen molar-refractivity contribution in [3.8, 4) is 0 Å². The average Bonchev–Trinajstić information content (AvgIpc) is 2.68. The van der Waals surface area contributed by atoms with Gasteiger partial charge in [0.25, 0.3) is 0 Å². The number of rotatable bonds is 6. The van der Waals surface area contributed by atoms with Crippen LogP contribution in [0.1, 0.15) is 55.8 Å². The van der Waals surface area contributed by atoms with Gasteiger partial charge in [-0.3, -0.25) is 0 Å². The summed E-state index contributed by atoms with van der Waals surface area (Å²) in [5, 5.41) is 3.71. The minimum Gasteiger partial charge on any atom is -0.367 e. The molecule has 1 aliphatic rings. The number of aryl methyl sites for hydroxylation is 2. The number of anilines is 1. The third kappa shape index (κ3) is 4.45. The third-order valence-corrected chi connectivity index (χ3v) is 5.63. The molecule has 2 aromatic carbocycles. The van der Waals surface area contributed by atoms with Crippen LogP contribution in [-0.4, -0.2) is 19.1 Å². The van der Waals surface area contributed by atoms with Crippen molar-refractivity contribution in [2.45, 2.75) is 58.5 Å². The number of benzene rings is 2. The summed E-state index contributed by atoms with van der Waals surface area (Å²) in [7, 11) is 0. The molecule has 2 nitrogen and oxygen atoms in total. The monoisotopic (exact) mass is 354 g/mol. The molecule has 3 rings (SSSR count). The zero-order valence-corrected chi connectivity index (χ0v) is 16.3. The predicted molar refractivity (Wildman–Crippen MR) is 108 cm³/mol. The Balaban J connectivity index is 1.67. The van der Waals surface area contributed by atoms with Gasteiger partial charge >= 0.3 is 0 Å². The zero-order chi connectivity index (χ0) is 18.5. The van der Waals surface area contributed by atoms with Gasteiger partial charge in [0.05, 0.1) is 0 Å². The molecule has 140 valence electrons. The summed E-state index contributed by atoms with van der Waals surface area (Å²) in [6.45, 7) is 8.17. The molecule has 1 saturated heterocycles. The second kappa shape index (κ2) is 8.68. The first-order chi connectivity index (χ1) is 12.6. The van der Waals surface area contributed by atoms with Crippen molar-refractivity contribution in [2.24, 2.45) is 0 Å². The minimum absolute atomic E-state index is 0.107. The maximum atomic E-state index is 14.0. The lowest BCUT2D eigenvalue weighted by Gasteiger charge is -2.38. The highest BCUT2D eigenvalue weighted by Crippen LogP contribution is 2.26. The summed E-state index contributed by atoms with van der Waals surface area (Å²) in [5.74, 6) is -0.107. The molecule has 2 unspecified atom stereocenters. The third-order valence-electron chi connectivity index (χ3n) is 5.63. The van der Waals surface area contributed by atoms with Gasteiger partial charge in [0.15, 0.2) is 0 Å². The lowest BCUT2D eigenvalue weighted by atomic mass is 9.99. The maximum Gasteiger partial charge on any atom is 0.128 e. The van der Waals surface area contributed by atoms with E-state index in [1.165, 1.54) is 24.0 Å². The summed E-state index contributed by atoms with van der Waals surface area (Å²) in [5.41, 5.74) is 4.45. The average molecular weight is 355 g/mol. The fourth-order valence-corrected chi connectivity index (χ4v) is 3.83. The van der Waals surface area contributed by atoms with Gasteiger partial charge in [0.2, 0.25) is 0 Å². The molecule has 0 aliphatic carbocycles. The first kappa shape index (κ1) is 18.9. The van der Waals surface area contributed by atoms with Crippen LogP contribution in [0.15, 0.2) is 42.5 Å². The van der Waals surface area contributed by atoms with E-state index < -0.39 is 0 Å². The van der Waals surface area contributed by atoms with Crippen LogP contribution >= 0.6 is 0 Å². The van der Waals surface area contributed by atoms with E-state index in [9.17, 15) is 4.39 Å². The van der Waals surface area contributed by atoms with Crippen LogP contribution in [0.25, 0.3) is 0 Å². The molecule has 1 heterocycles. The lowest BCUT2D eigenvalue weighted by Crippen LogP contribution is -2.46. The molecule has 3 heteroatoms. The molecule has 0 spiro atoms. The van der Waals surface area contributed by atoms with Gasteiger partial charge in [-0.05, 0) is 68.4 Å². The number of hydrogen-bond donors (Lipinski definition) is 1. The van der Waals surface area contributed by atoms with Gasteiger partial charge in [0.1, 0.15) is 5.82 Å². The Morgan fingerprint density at radius 2 is 2.04 bits per heavy atom. The van der Waals surface area contributed by atoms with Crippen LogP contribution in [0.4, 0.5) is 10.1 Å². The molecule has 0 amide bonds. The van der Waals surface area contributed by atoms with Gasteiger partial charge in [0, 0.05) is 30.9 Å². The molecule has 0 saturated carbocycles. The number of piperidine rings is 1. The normalized spacial score (nSPS) is 18.8. The van der Waals surface area contributed by atoms with Crippen LogP contribution in [0.5, 0.6) is 0 Å². The Hall–Kier alpha value is -1.87. The van der Waals surface area contributed by atoms with Crippen molar-refractivity contribution in [3.63, 3.8) is 0 Å². The molecule has 0 radical (unpaired) electrons. The SMILES string of the molecule is CCc1cccc(C(C)NCC2CCCCN2c2ccc(C)c(F)c2)c1. The van der Waals surface area contributed by atoms with Gasteiger partial charge in [-0.1, -0.05) is 37.3 Å². The highest BCUT2D eigenvalue weighted by molar-refractivity contribution is 5.49. The van der Waals surface area contributed by atoms with E-state index in [-0.39, 0.29) is 5.82 Å². The van der Waals surface area contributed by atoms with E-state index in [1.54, 1.807) is 6.07 Å². The molecule has 0 aromatic heterocycles. The number of nitrogens with zero attached hydrogens (tertiary/aromatic N) is 1. The van der Waals surface area contributed by atoms with Crippen LogP contribution < -0.4 is 10.2 Å². The lowest BCUT2D eigenvalue weighted by molar-refractivity contribution is 0.417. The zero-order valence-electron chi connectivity index (χ0n) is 16.3. The highest BCUT2D eigenvalue weighted by Gasteiger charge is 2.23. The molecular formula is C23H31FN2. The summed E-state index contributed by atoms with van der Waals surface area (Å²) in [6.07, 6.45) is 4.65. The Bertz CT molecular complexity index is 728. The van der Waals surface area contributed by atoms with E-state index in [4.69, 9.17) is 0 Å². The van der Waals surface area contributed by atoms with E-state index in [2.05, 4.69) is 54.4 Å². The van der Waals surface area contributed by atoms with Crippen LogP contribution in [0.3, 0.4) is 0 Å². The van der Waals surface area contributed by atoms with Crippen LogP contribution in [0.2, 0.25) is 0 Å². The van der Waals surface area contributed by atoms with Crippen molar-refractivity contribution in [1.29, 1.82) is 0 Å². The number of halogens is 1. The quantitative estimate of drug-likeness (QED) is 0.746. The van der Waals surface area contributed by atoms with Crippen molar-refractivity contribution in [2.75, 3.05) is 18.0 Å². The van der Waals surface area contributed by atoms with Gasteiger partial charge in [-0.25, -0.2) is 4.39 Å². The van der Waals surface area contributed by atoms with E-state index in [0.29, 0.717) is 17.6 Å². The van der Waals surface area contributed by atoms with Gasteiger partial charge in [-0.15, -0.1) is 0 Å². The largest absolute Gasteiger partial charge is 0.367 e. The van der Waals surface area contributed by atoms with Gasteiger partial charge in [-0.2, -0.15) is 0 Å². The topological polar surface area (TPSA) is 15.3 Å². The van der Waals surface area contributed by atoms with Crippen LogP contribution in [-0.2, 0) is 6.42 Å². The molecule has 1 fully saturated rings. The van der Waals surface area contributed by atoms with E-state index in [1.807, 2.05) is 13.0 Å². The van der Waals surface area contributed by atoms with Crippen molar-refractivity contribution in [3.05, 3.63) is 65.0 Å². The summed E-state index contributed by atoms with van der Waals surface area (Å²) < 4.78 is 14.0. The first-order valence-corrected chi connectivity index (χ1v) is 9.93. The summed E-state index contributed by atoms with van der Waals surface area (Å²) in [6, 6.07) is 15.2. The Kier molecular flexibility index (Phi) is 6.31. The van der Waals surface area contributed by atoms with Gasteiger partial charge < -0.3 is 10.2 Å². The molecule has 2 atom stereocenters. The molecule has 1 aliphatic heterocycles. The molecule has 0 bridgehead atoms. The number of nitrogens with one attached hydrogen (secondary N) is 1. The standard InChI is InChI=1S/C23H31FN2/c1-4-19-8-7-9-20(14-19)18(3)25-16-22-10-5-6-13-26(22)21-12-11-17(2)23(24)15-21/h7-9,11-12,14-15,18,22,25H,4-6,10,13,16H2,1-3H3. The second-order valence-electron chi connectivity index (χ2n) is 7.51. The fourth-order valence-electron chi connectivity index (χ4n) is 3.83. The van der Waals surface area contributed by atoms with Crippen molar-refractivity contribution in [1.82, 2.24) is 5.32 Å². The Morgan fingerprint density at radius 1 is 1.19 bits per heavy atom.